The first-order valence-corrected chi connectivity index (χ1v) is 10.8. The summed E-state index contributed by atoms with van der Waals surface area (Å²) in [6, 6.07) is 11.8. The molecule has 0 spiro atoms. The molecule has 0 saturated heterocycles. The molecule has 0 saturated carbocycles. The summed E-state index contributed by atoms with van der Waals surface area (Å²) in [4.78, 5) is 14.4. The molecule has 1 aliphatic heterocycles. The van der Waals surface area contributed by atoms with E-state index in [0.29, 0.717) is 12.2 Å². The number of carbonyl (C=O) groups is 1. The maximum atomic E-state index is 12.6. The standard InChI is InChI=1S/C19H21BrN2O3S/c1-13(2)19(23)22-11-3-4-14-12-16(7-10-18(14)22)21-26(24,25)17-8-5-15(20)6-9-17/h5-10,12-13,21H,3-4,11H2,1-2H3. The smallest absolute Gasteiger partial charge is 0.261 e. The number of anilines is 2. The van der Waals surface area contributed by atoms with Crippen LogP contribution in [0.3, 0.4) is 0 Å². The average Bonchev–Trinajstić information content (AvgIpc) is 2.60. The van der Waals surface area contributed by atoms with E-state index in [1.807, 2.05) is 26.0 Å². The number of hydrogen-bond donors (Lipinski definition) is 1. The molecular formula is C19H21BrN2O3S. The van der Waals surface area contributed by atoms with Crippen molar-refractivity contribution in [2.24, 2.45) is 5.92 Å². The zero-order chi connectivity index (χ0) is 18.9. The van der Waals surface area contributed by atoms with Crippen molar-refractivity contribution in [2.75, 3.05) is 16.2 Å². The Kier molecular flexibility index (Phi) is 5.39. The summed E-state index contributed by atoms with van der Waals surface area (Å²) in [6.45, 7) is 4.47. The van der Waals surface area contributed by atoms with Gasteiger partial charge in [0, 0.05) is 28.3 Å². The molecule has 138 valence electrons. The number of fused-ring (bicyclic) bond motifs is 1. The second-order valence-corrected chi connectivity index (χ2v) is 9.25. The number of carbonyl (C=O) groups excluding carboxylic acids is 1. The van der Waals surface area contributed by atoms with E-state index in [1.165, 1.54) is 0 Å². The van der Waals surface area contributed by atoms with Crippen LogP contribution in [0.25, 0.3) is 0 Å². The summed E-state index contributed by atoms with van der Waals surface area (Å²) in [7, 11) is -3.65. The summed E-state index contributed by atoms with van der Waals surface area (Å²) < 4.78 is 28.5. The highest BCUT2D eigenvalue weighted by atomic mass is 79.9. The van der Waals surface area contributed by atoms with Gasteiger partial charge in [-0.2, -0.15) is 0 Å². The molecule has 1 N–H and O–H groups in total. The molecule has 5 nitrogen and oxygen atoms in total. The van der Waals surface area contributed by atoms with E-state index < -0.39 is 10.0 Å². The van der Waals surface area contributed by atoms with Crippen LogP contribution in [0.2, 0.25) is 0 Å². The first-order chi connectivity index (χ1) is 12.3. The molecule has 0 unspecified atom stereocenters. The summed E-state index contributed by atoms with van der Waals surface area (Å²) in [5.74, 6) is 0.0191. The molecule has 7 heteroatoms. The van der Waals surface area contributed by atoms with Gasteiger partial charge in [-0.25, -0.2) is 8.42 Å². The van der Waals surface area contributed by atoms with Gasteiger partial charge in [-0.1, -0.05) is 29.8 Å². The molecule has 0 radical (unpaired) electrons. The van der Waals surface area contributed by atoms with Crippen LogP contribution in [-0.4, -0.2) is 20.9 Å². The number of nitrogens with one attached hydrogen (secondary N) is 1. The van der Waals surface area contributed by atoms with E-state index in [1.54, 1.807) is 35.2 Å². The van der Waals surface area contributed by atoms with Gasteiger partial charge in [-0.05, 0) is 60.9 Å². The predicted molar refractivity (Wildman–Crippen MR) is 107 cm³/mol. The van der Waals surface area contributed by atoms with Crippen LogP contribution in [0.15, 0.2) is 51.8 Å². The summed E-state index contributed by atoms with van der Waals surface area (Å²) in [6.07, 6.45) is 1.69. The topological polar surface area (TPSA) is 66.5 Å². The van der Waals surface area contributed by atoms with Crippen LogP contribution in [-0.2, 0) is 21.2 Å². The van der Waals surface area contributed by atoms with Gasteiger partial charge in [0.05, 0.1) is 4.90 Å². The highest BCUT2D eigenvalue weighted by molar-refractivity contribution is 9.10. The lowest BCUT2D eigenvalue weighted by Gasteiger charge is -2.31. The minimum atomic E-state index is -3.65. The Bertz CT molecular complexity index is 924. The van der Waals surface area contributed by atoms with Crippen LogP contribution in [0, 0.1) is 5.92 Å². The number of rotatable bonds is 4. The van der Waals surface area contributed by atoms with Crippen molar-refractivity contribution in [2.45, 2.75) is 31.6 Å². The van der Waals surface area contributed by atoms with Gasteiger partial charge in [-0.3, -0.25) is 9.52 Å². The maximum absolute atomic E-state index is 12.6. The Morgan fingerprint density at radius 1 is 1.15 bits per heavy atom. The second-order valence-electron chi connectivity index (χ2n) is 6.65. The van der Waals surface area contributed by atoms with Gasteiger partial charge < -0.3 is 4.90 Å². The fourth-order valence-electron chi connectivity index (χ4n) is 3.03. The lowest BCUT2D eigenvalue weighted by Crippen LogP contribution is -2.38. The fraction of sp³-hybridized carbons (Fsp3) is 0.316. The molecule has 1 aliphatic rings. The fourth-order valence-corrected chi connectivity index (χ4v) is 4.34. The van der Waals surface area contributed by atoms with Crippen molar-refractivity contribution in [1.82, 2.24) is 0 Å². The molecule has 1 heterocycles. The minimum Gasteiger partial charge on any atom is -0.312 e. The van der Waals surface area contributed by atoms with Crippen molar-refractivity contribution in [3.63, 3.8) is 0 Å². The number of nitrogens with zero attached hydrogens (tertiary/aromatic N) is 1. The molecule has 0 fully saturated rings. The van der Waals surface area contributed by atoms with Gasteiger partial charge in [0.25, 0.3) is 10.0 Å². The van der Waals surface area contributed by atoms with E-state index in [2.05, 4.69) is 20.7 Å². The summed E-state index contributed by atoms with van der Waals surface area (Å²) in [5.41, 5.74) is 2.37. The van der Waals surface area contributed by atoms with Gasteiger partial charge in [0.1, 0.15) is 0 Å². The Morgan fingerprint density at radius 3 is 2.50 bits per heavy atom. The lowest BCUT2D eigenvalue weighted by atomic mass is 9.99. The Morgan fingerprint density at radius 2 is 1.85 bits per heavy atom. The van der Waals surface area contributed by atoms with E-state index in [-0.39, 0.29) is 16.7 Å². The molecule has 0 bridgehead atoms. The number of sulfonamides is 1. The molecule has 2 aromatic carbocycles. The van der Waals surface area contributed by atoms with Gasteiger partial charge in [-0.15, -0.1) is 0 Å². The average molecular weight is 437 g/mol. The first kappa shape index (κ1) is 18.9. The number of hydrogen-bond acceptors (Lipinski definition) is 3. The van der Waals surface area contributed by atoms with Gasteiger partial charge in [0.2, 0.25) is 5.91 Å². The zero-order valence-corrected chi connectivity index (χ0v) is 17.1. The third kappa shape index (κ3) is 3.94. The minimum absolute atomic E-state index is 0.0727. The van der Waals surface area contributed by atoms with Crippen LogP contribution in [0.4, 0.5) is 11.4 Å². The van der Waals surface area contributed by atoms with Gasteiger partial charge >= 0.3 is 0 Å². The third-order valence-electron chi connectivity index (χ3n) is 4.33. The predicted octanol–water partition coefficient (Wildman–Crippen LogP) is 4.19. The lowest BCUT2D eigenvalue weighted by molar-refractivity contribution is -0.121. The summed E-state index contributed by atoms with van der Waals surface area (Å²) in [5, 5.41) is 0. The zero-order valence-electron chi connectivity index (χ0n) is 14.7. The van der Waals surface area contributed by atoms with Crippen molar-refractivity contribution >= 4 is 43.2 Å². The Hall–Kier alpha value is -1.86. The molecule has 0 aromatic heterocycles. The monoisotopic (exact) mass is 436 g/mol. The third-order valence-corrected chi connectivity index (χ3v) is 6.26. The first-order valence-electron chi connectivity index (χ1n) is 8.50. The Balaban J connectivity index is 1.87. The van der Waals surface area contributed by atoms with Crippen molar-refractivity contribution in [1.29, 1.82) is 0 Å². The molecule has 3 rings (SSSR count). The SMILES string of the molecule is CC(C)C(=O)N1CCCc2cc(NS(=O)(=O)c3ccc(Br)cc3)ccc21. The van der Waals surface area contributed by atoms with Gasteiger partial charge in [0.15, 0.2) is 0 Å². The molecule has 26 heavy (non-hydrogen) atoms. The Labute approximate surface area is 162 Å². The number of aryl methyl sites for hydroxylation is 1. The molecule has 2 aromatic rings. The summed E-state index contributed by atoms with van der Waals surface area (Å²) >= 11 is 3.30. The van der Waals surface area contributed by atoms with Crippen LogP contribution in [0.5, 0.6) is 0 Å². The number of amides is 1. The van der Waals surface area contributed by atoms with Crippen LogP contribution in [0.1, 0.15) is 25.8 Å². The van der Waals surface area contributed by atoms with Crippen molar-refractivity contribution < 1.29 is 13.2 Å². The van der Waals surface area contributed by atoms with Crippen LogP contribution >= 0.6 is 15.9 Å². The van der Waals surface area contributed by atoms with Crippen LogP contribution < -0.4 is 9.62 Å². The van der Waals surface area contributed by atoms with Crippen molar-refractivity contribution in [3.05, 3.63) is 52.5 Å². The van der Waals surface area contributed by atoms with E-state index in [4.69, 9.17) is 0 Å². The molecule has 0 atom stereocenters. The van der Waals surface area contributed by atoms with Crippen molar-refractivity contribution in [3.8, 4) is 0 Å². The quantitative estimate of drug-likeness (QED) is 0.781. The maximum Gasteiger partial charge on any atom is 0.261 e. The number of halogens is 1. The van der Waals surface area contributed by atoms with E-state index in [9.17, 15) is 13.2 Å². The highest BCUT2D eigenvalue weighted by Crippen LogP contribution is 2.31. The number of benzene rings is 2. The normalized spacial score (nSPS) is 14.2. The van der Waals surface area contributed by atoms with E-state index >= 15 is 0 Å². The van der Waals surface area contributed by atoms with E-state index in [0.717, 1.165) is 28.6 Å². The molecule has 1 amide bonds. The largest absolute Gasteiger partial charge is 0.312 e. The highest BCUT2D eigenvalue weighted by Gasteiger charge is 2.25. The molecule has 0 aliphatic carbocycles. The second kappa shape index (κ2) is 7.40. The molecular weight excluding hydrogens is 416 g/mol.